The van der Waals surface area contributed by atoms with E-state index in [0.717, 1.165) is 4.47 Å². The maximum absolute atomic E-state index is 6.37. The second-order valence-corrected chi connectivity index (χ2v) is 6.48. The van der Waals surface area contributed by atoms with Gasteiger partial charge in [0.2, 0.25) is 0 Å². The Hall–Kier alpha value is -0.340. The maximum Gasteiger partial charge on any atom is 0.0212 e. The average molecular weight is 280 g/mol. The van der Waals surface area contributed by atoms with Gasteiger partial charge in [-0.3, -0.25) is 0 Å². The summed E-state index contributed by atoms with van der Waals surface area (Å²) in [6, 6.07) is 8.70. The molecule has 0 unspecified atom stereocenters. The number of rotatable bonds is 4. The Kier molecular flexibility index (Phi) is 2.41. The van der Waals surface area contributed by atoms with Crippen LogP contribution in [0.3, 0.4) is 0 Å². The summed E-state index contributed by atoms with van der Waals surface area (Å²) in [5, 5.41) is 0. The quantitative estimate of drug-likeness (QED) is 0.895. The van der Waals surface area contributed by atoms with Crippen LogP contribution in [0.25, 0.3) is 0 Å². The van der Waals surface area contributed by atoms with Gasteiger partial charge in [0.05, 0.1) is 0 Å². The van der Waals surface area contributed by atoms with Crippen molar-refractivity contribution in [3.63, 3.8) is 0 Å². The molecule has 3 rings (SSSR count). The predicted molar refractivity (Wildman–Crippen MR) is 70.3 cm³/mol. The van der Waals surface area contributed by atoms with Gasteiger partial charge in [0, 0.05) is 10.0 Å². The molecule has 86 valence electrons. The lowest BCUT2D eigenvalue weighted by molar-refractivity contribution is 0.352. The highest BCUT2D eigenvalue weighted by atomic mass is 79.9. The fourth-order valence-electron chi connectivity index (χ4n) is 2.85. The predicted octanol–water partition coefficient (Wildman–Crippen LogP) is 3.65. The smallest absolute Gasteiger partial charge is 0.0212 e. The fourth-order valence-corrected chi connectivity index (χ4v) is 3.11. The zero-order valence-corrected chi connectivity index (χ0v) is 11.1. The Morgan fingerprint density at radius 1 is 1.06 bits per heavy atom. The molecule has 16 heavy (non-hydrogen) atoms. The van der Waals surface area contributed by atoms with Crippen molar-refractivity contribution in [2.45, 2.75) is 44.1 Å². The normalized spacial score (nSPS) is 24.1. The third-order valence-corrected chi connectivity index (χ3v) is 5.03. The molecule has 2 aliphatic rings. The lowest BCUT2D eigenvalue weighted by Gasteiger charge is -2.22. The largest absolute Gasteiger partial charge is 0.325 e. The minimum atomic E-state index is 0.225. The summed E-state index contributed by atoms with van der Waals surface area (Å²) >= 11 is 3.47. The van der Waals surface area contributed by atoms with Crippen molar-refractivity contribution in [2.75, 3.05) is 0 Å². The van der Waals surface area contributed by atoms with Crippen molar-refractivity contribution in [1.82, 2.24) is 0 Å². The minimum absolute atomic E-state index is 0.225. The van der Waals surface area contributed by atoms with Gasteiger partial charge in [-0.1, -0.05) is 28.1 Å². The van der Waals surface area contributed by atoms with Crippen molar-refractivity contribution >= 4 is 15.9 Å². The van der Waals surface area contributed by atoms with Gasteiger partial charge in [0.1, 0.15) is 0 Å². The highest BCUT2D eigenvalue weighted by Gasteiger charge is 2.62. The molecule has 1 aromatic rings. The molecule has 0 aromatic heterocycles. The first-order chi connectivity index (χ1) is 7.64. The van der Waals surface area contributed by atoms with Gasteiger partial charge in [-0.05, 0) is 61.6 Å². The van der Waals surface area contributed by atoms with E-state index in [1.54, 1.807) is 0 Å². The van der Waals surface area contributed by atoms with Gasteiger partial charge in [-0.15, -0.1) is 0 Å². The molecule has 0 atom stereocenters. The standard InChI is InChI=1S/C14H18BrN/c15-12-3-1-11(2-4-12)5-6-13(7-8-13)14(16)9-10-14/h1-4H,5-10,16H2. The third kappa shape index (κ3) is 1.82. The van der Waals surface area contributed by atoms with Crippen molar-refractivity contribution in [1.29, 1.82) is 0 Å². The first kappa shape index (κ1) is 10.8. The molecule has 0 bridgehead atoms. The molecule has 2 fully saturated rings. The first-order valence-corrected chi connectivity index (χ1v) is 6.96. The van der Waals surface area contributed by atoms with E-state index in [4.69, 9.17) is 5.73 Å². The van der Waals surface area contributed by atoms with E-state index in [1.165, 1.54) is 44.1 Å². The molecular weight excluding hydrogens is 262 g/mol. The number of nitrogens with two attached hydrogens (primary N) is 1. The number of halogens is 1. The Bertz CT molecular complexity index is 388. The Morgan fingerprint density at radius 2 is 1.69 bits per heavy atom. The zero-order valence-electron chi connectivity index (χ0n) is 9.51. The molecular formula is C14H18BrN. The van der Waals surface area contributed by atoms with Crippen LogP contribution in [-0.2, 0) is 6.42 Å². The molecule has 2 heteroatoms. The van der Waals surface area contributed by atoms with Crippen molar-refractivity contribution in [3.05, 3.63) is 34.3 Å². The lowest BCUT2D eigenvalue weighted by Crippen LogP contribution is -2.34. The molecule has 0 aliphatic heterocycles. The Balaban J connectivity index is 1.63. The molecule has 0 amide bonds. The van der Waals surface area contributed by atoms with E-state index in [1.807, 2.05) is 0 Å². The minimum Gasteiger partial charge on any atom is -0.325 e. The molecule has 0 heterocycles. The molecule has 0 radical (unpaired) electrons. The summed E-state index contributed by atoms with van der Waals surface area (Å²) in [5.41, 5.74) is 8.55. The van der Waals surface area contributed by atoms with Gasteiger partial charge in [0.15, 0.2) is 0 Å². The fraction of sp³-hybridized carbons (Fsp3) is 0.571. The van der Waals surface area contributed by atoms with Crippen molar-refractivity contribution in [2.24, 2.45) is 11.1 Å². The van der Waals surface area contributed by atoms with Crippen LogP contribution in [0.1, 0.15) is 37.7 Å². The second-order valence-electron chi connectivity index (χ2n) is 5.56. The highest BCUT2D eigenvalue weighted by Crippen LogP contribution is 2.64. The van der Waals surface area contributed by atoms with Crippen LogP contribution in [-0.4, -0.2) is 5.54 Å². The van der Waals surface area contributed by atoms with Crippen LogP contribution in [0.5, 0.6) is 0 Å². The van der Waals surface area contributed by atoms with Crippen molar-refractivity contribution in [3.8, 4) is 0 Å². The molecule has 0 saturated heterocycles. The number of hydrogen-bond donors (Lipinski definition) is 1. The van der Waals surface area contributed by atoms with E-state index in [9.17, 15) is 0 Å². The summed E-state index contributed by atoms with van der Waals surface area (Å²) in [6.45, 7) is 0. The Labute approximate surface area is 106 Å². The molecule has 2 saturated carbocycles. The average Bonchev–Trinajstić information content (AvgIpc) is 3.15. The summed E-state index contributed by atoms with van der Waals surface area (Å²) in [5.74, 6) is 0. The van der Waals surface area contributed by atoms with E-state index in [-0.39, 0.29) is 5.54 Å². The molecule has 0 spiro atoms. The lowest BCUT2D eigenvalue weighted by atomic mass is 9.88. The SMILES string of the molecule is NC1(C2(CCc3ccc(Br)cc3)CC2)CC1. The number of aryl methyl sites for hydroxylation is 1. The van der Waals surface area contributed by atoms with E-state index < -0.39 is 0 Å². The summed E-state index contributed by atoms with van der Waals surface area (Å²) < 4.78 is 1.16. The van der Waals surface area contributed by atoms with Crippen LogP contribution in [0.4, 0.5) is 0 Å². The van der Waals surface area contributed by atoms with Gasteiger partial charge in [-0.2, -0.15) is 0 Å². The Morgan fingerprint density at radius 3 is 2.19 bits per heavy atom. The van der Waals surface area contributed by atoms with E-state index in [0.29, 0.717) is 5.41 Å². The number of benzene rings is 1. The van der Waals surface area contributed by atoms with Crippen LogP contribution < -0.4 is 5.73 Å². The first-order valence-electron chi connectivity index (χ1n) is 6.17. The van der Waals surface area contributed by atoms with Gasteiger partial charge < -0.3 is 5.73 Å². The van der Waals surface area contributed by atoms with Crippen LogP contribution in [0.15, 0.2) is 28.7 Å². The van der Waals surface area contributed by atoms with Gasteiger partial charge in [0.25, 0.3) is 0 Å². The zero-order chi connectivity index (χ0) is 11.2. The van der Waals surface area contributed by atoms with Crippen molar-refractivity contribution < 1.29 is 0 Å². The van der Waals surface area contributed by atoms with E-state index >= 15 is 0 Å². The summed E-state index contributed by atoms with van der Waals surface area (Å²) in [7, 11) is 0. The summed E-state index contributed by atoms with van der Waals surface area (Å²) in [6.07, 6.45) is 7.71. The molecule has 1 nitrogen and oxygen atoms in total. The van der Waals surface area contributed by atoms with Gasteiger partial charge >= 0.3 is 0 Å². The van der Waals surface area contributed by atoms with Gasteiger partial charge in [-0.25, -0.2) is 0 Å². The highest BCUT2D eigenvalue weighted by molar-refractivity contribution is 9.10. The molecule has 2 aliphatic carbocycles. The number of hydrogen-bond acceptors (Lipinski definition) is 1. The molecule has 1 aromatic carbocycles. The topological polar surface area (TPSA) is 26.0 Å². The van der Waals surface area contributed by atoms with Crippen LogP contribution in [0, 0.1) is 5.41 Å². The monoisotopic (exact) mass is 279 g/mol. The third-order valence-electron chi connectivity index (χ3n) is 4.50. The summed E-state index contributed by atoms with van der Waals surface area (Å²) in [4.78, 5) is 0. The van der Waals surface area contributed by atoms with E-state index in [2.05, 4.69) is 40.2 Å². The maximum atomic E-state index is 6.37. The van der Waals surface area contributed by atoms with Crippen LogP contribution in [0.2, 0.25) is 0 Å². The van der Waals surface area contributed by atoms with Crippen LogP contribution >= 0.6 is 15.9 Å². The second kappa shape index (κ2) is 3.58. The molecule has 2 N–H and O–H groups in total.